The number of rotatable bonds is 5. The van der Waals surface area contributed by atoms with Gasteiger partial charge in [0.15, 0.2) is 5.82 Å². The van der Waals surface area contributed by atoms with E-state index < -0.39 is 0 Å². The molecule has 0 saturated carbocycles. The van der Waals surface area contributed by atoms with Gasteiger partial charge >= 0.3 is 0 Å². The Labute approximate surface area is 164 Å². The third kappa shape index (κ3) is 3.72. The number of hydrogen-bond acceptors (Lipinski definition) is 5. The average molecular weight is 398 g/mol. The molecule has 27 heavy (non-hydrogen) atoms. The topological polar surface area (TPSA) is 56.5 Å². The lowest BCUT2D eigenvalue weighted by Gasteiger charge is -2.04. The molecule has 0 unspecified atom stereocenters. The van der Waals surface area contributed by atoms with Crippen LogP contribution in [0.25, 0.3) is 22.4 Å². The van der Waals surface area contributed by atoms with E-state index in [0.29, 0.717) is 26.9 Å². The van der Waals surface area contributed by atoms with E-state index in [2.05, 4.69) is 17.0 Å². The third-order valence-electron chi connectivity index (χ3n) is 3.91. The van der Waals surface area contributed by atoms with Crippen molar-refractivity contribution in [2.45, 2.75) is 13.3 Å². The van der Waals surface area contributed by atoms with Crippen LogP contribution in [0.15, 0.2) is 53.3 Å². The van der Waals surface area contributed by atoms with Crippen molar-refractivity contribution in [1.82, 2.24) is 14.6 Å². The van der Waals surface area contributed by atoms with Crippen LogP contribution >= 0.6 is 22.9 Å². The molecule has 0 saturated heterocycles. The molecule has 0 aliphatic carbocycles. The fraction of sp³-hybridized carbons (Fsp3) is 0.150. The van der Waals surface area contributed by atoms with E-state index in [4.69, 9.17) is 16.3 Å². The maximum Gasteiger partial charge on any atom is 0.291 e. The second-order valence-electron chi connectivity index (χ2n) is 5.97. The van der Waals surface area contributed by atoms with Gasteiger partial charge < -0.3 is 4.74 Å². The van der Waals surface area contributed by atoms with Gasteiger partial charge in [0.1, 0.15) is 5.75 Å². The first-order valence-electron chi connectivity index (χ1n) is 8.54. The zero-order valence-corrected chi connectivity index (χ0v) is 16.1. The molecule has 0 bridgehead atoms. The van der Waals surface area contributed by atoms with E-state index in [1.165, 1.54) is 15.9 Å². The van der Waals surface area contributed by atoms with Crippen LogP contribution < -0.4 is 14.8 Å². The van der Waals surface area contributed by atoms with Gasteiger partial charge in [0.25, 0.3) is 5.56 Å². The predicted molar refractivity (Wildman–Crippen MR) is 109 cm³/mol. The monoisotopic (exact) mass is 397 g/mol. The normalized spacial score (nSPS) is 12.0. The number of nitrogens with zero attached hydrogens (tertiary/aromatic N) is 3. The fourth-order valence-electron chi connectivity index (χ4n) is 2.62. The summed E-state index contributed by atoms with van der Waals surface area (Å²) in [5, 5.41) is 5.00. The van der Waals surface area contributed by atoms with Gasteiger partial charge in [-0.1, -0.05) is 42.0 Å². The number of hydrogen-bond donors (Lipinski definition) is 0. The Morgan fingerprint density at radius 1 is 1.22 bits per heavy atom. The Bertz CT molecular complexity index is 1200. The maximum absolute atomic E-state index is 12.6. The molecule has 2 aromatic carbocycles. The average Bonchev–Trinajstić information content (AvgIpc) is 3.20. The van der Waals surface area contributed by atoms with Gasteiger partial charge in [0.05, 0.1) is 11.1 Å². The third-order valence-corrected chi connectivity index (χ3v) is 5.11. The molecular formula is C20H16ClN3O2S. The van der Waals surface area contributed by atoms with E-state index in [9.17, 15) is 4.79 Å². The van der Waals surface area contributed by atoms with Crippen molar-refractivity contribution >= 4 is 34.0 Å². The van der Waals surface area contributed by atoms with Crippen molar-refractivity contribution in [3.8, 4) is 17.1 Å². The van der Waals surface area contributed by atoms with Crippen molar-refractivity contribution in [3.63, 3.8) is 0 Å². The van der Waals surface area contributed by atoms with Crippen molar-refractivity contribution in [3.05, 3.63) is 74.0 Å². The molecule has 0 fully saturated rings. The van der Waals surface area contributed by atoms with Gasteiger partial charge in [0.2, 0.25) is 4.96 Å². The van der Waals surface area contributed by atoms with Gasteiger partial charge in [0, 0.05) is 10.6 Å². The molecule has 2 aromatic heterocycles. The summed E-state index contributed by atoms with van der Waals surface area (Å²) in [6, 6.07) is 14.9. The van der Waals surface area contributed by atoms with Crippen LogP contribution in [0, 0.1) is 0 Å². The zero-order valence-electron chi connectivity index (χ0n) is 14.6. The van der Waals surface area contributed by atoms with Gasteiger partial charge in [-0.25, -0.2) is 0 Å². The molecular weight excluding hydrogens is 382 g/mol. The highest BCUT2D eigenvalue weighted by Crippen LogP contribution is 2.20. The molecule has 136 valence electrons. The van der Waals surface area contributed by atoms with Gasteiger partial charge in [-0.2, -0.15) is 9.50 Å². The summed E-state index contributed by atoms with van der Waals surface area (Å²) in [5.41, 5.74) is 1.53. The number of thiazole rings is 1. The molecule has 4 rings (SSSR count). The number of aromatic nitrogens is 3. The number of ether oxygens (including phenoxy) is 1. The molecule has 5 nitrogen and oxygen atoms in total. The maximum atomic E-state index is 12.6. The van der Waals surface area contributed by atoms with Crippen LogP contribution in [-0.4, -0.2) is 21.2 Å². The standard InChI is InChI=1S/C20H16ClN3O2S/c1-2-10-26-16-8-6-14(7-9-16)18-22-20-24(23-18)19(25)17(27-20)12-13-4-3-5-15(21)11-13/h3-9,11-12H,2,10H2,1H3. The van der Waals surface area contributed by atoms with Crippen LogP contribution in [0.1, 0.15) is 18.9 Å². The fourth-order valence-corrected chi connectivity index (χ4v) is 3.73. The van der Waals surface area contributed by atoms with E-state index in [1.54, 1.807) is 12.1 Å². The lowest BCUT2D eigenvalue weighted by atomic mass is 10.2. The highest BCUT2D eigenvalue weighted by molar-refractivity contribution is 7.15. The van der Waals surface area contributed by atoms with Crippen molar-refractivity contribution in [1.29, 1.82) is 0 Å². The van der Waals surface area contributed by atoms with E-state index in [-0.39, 0.29) is 5.56 Å². The SMILES string of the molecule is CCCOc1ccc(-c2nc3sc(=Cc4cccc(Cl)c4)c(=O)n3n2)cc1. The first-order valence-corrected chi connectivity index (χ1v) is 9.73. The lowest BCUT2D eigenvalue weighted by molar-refractivity contribution is 0.317. The first kappa shape index (κ1) is 17.7. The summed E-state index contributed by atoms with van der Waals surface area (Å²) in [7, 11) is 0. The lowest BCUT2D eigenvalue weighted by Crippen LogP contribution is -2.23. The minimum atomic E-state index is -0.184. The quantitative estimate of drug-likeness (QED) is 0.514. The molecule has 0 radical (unpaired) electrons. The molecule has 4 aromatic rings. The van der Waals surface area contributed by atoms with Gasteiger partial charge in [-0.15, -0.1) is 5.10 Å². The van der Waals surface area contributed by atoms with Crippen LogP contribution in [-0.2, 0) is 0 Å². The Balaban J connectivity index is 1.67. The van der Waals surface area contributed by atoms with Crippen LogP contribution in [0.2, 0.25) is 5.02 Å². The first-order chi connectivity index (χ1) is 13.1. The van der Waals surface area contributed by atoms with Crippen LogP contribution in [0.5, 0.6) is 5.75 Å². The van der Waals surface area contributed by atoms with Gasteiger partial charge in [-0.3, -0.25) is 4.79 Å². The molecule has 2 heterocycles. The molecule has 0 N–H and O–H groups in total. The molecule has 7 heteroatoms. The van der Waals surface area contributed by atoms with E-state index >= 15 is 0 Å². The number of fused-ring (bicyclic) bond motifs is 1. The Morgan fingerprint density at radius 2 is 2.04 bits per heavy atom. The van der Waals surface area contributed by atoms with E-state index in [0.717, 1.165) is 23.3 Å². The molecule has 0 aliphatic rings. The molecule has 0 aliphatic heterocycles. The highest BCUT2D eigenvalue weighted by atomic mass is 35.5. The smallest absolute Gasteiger partial charge is 0.291 e. The molecule has 0 amide bonds. The Morgan fingerprint density at radius 3 is 2.74 bits per heavy atom. The summed E-state index contributed by atoms with van der Waals surface area (Å²) in [4.78, 5) is 17.7. The van der Waals surface area contributed by atoms with Crippen molar-refractivity contribution < 1.29 is 4.74 Å². The summed E-state index contributed by atoms with van der Waals surface area (Å²) in [6.07, 6.45) is 2.76. The second-order valence-corrected chi connectivity index (χ2v) is 7.42. The molecule has 0 atom stereocenters. The minimum absolute atomic E-state index is 0.184. The summed E-state index contributed by atoms with van der Waals surface area (Å²) in [6.45, 7) is 2.75. The zero-order chi connectivity index (χ0) is 18.8. The Hall–Kier alpha value is -2.70. The largest absolute Gasteiger partial charge is 0.494 e. The number of benzene rings is 2. The van der Waals surface area contributed by atoms with Crippen LogP contribution in [0.4, 0.5) is 0 Å². The second kappa shape index (κ2) is 7.50. The van der Waals surface area contributed by atoms with Gasteiger partial charge in [-0.05, 0) is 54.5 Å². The minimum Gasteiger partial charge on any atom is -0.494 e. The number of halogens is 1. The van der Waals surface area contributed by atoms with Crippen molar-refractivity contribution in [2.75, 3.05) is 6.61 Å². The van der Waals surface area contributed by atoms with Crippen molar-refractivity contribution in [2.24, 2.45) is 0 Å². The van der Waals surface area contributed by atoms with Crippen LogP contribution in [0.3, 0.4) is 0 Å². The molecule has 0 spiro atoms. The Kier molecular flexibility index (Phi) is 4.92. The highest BCUT2D eigenvalue weighted by Gasteiger charge is 2.12. The summed E-state index contributed by atoms with van der Waals surface area (Å²) < 4.78 is 7.50. The predicted octanol–water partition coefficient (Wildman–Crippen LogP) is 3.81. The van der Waals surface area contributed by atoms with E-state index in [1.807, 2.05) is 42.5 Å². The summed E-state index contributed by atoms with van der Waals surface area (Å²) in [5.74, 6) is 1.33. The summed E-state index contributed by atoms with van der Waals surface area (Å²) >= 11 is 7.31.